The van der Waals surface area contributed by atoms with Crippen LogP contribution in [0.5, 0.6) is 0 Å². The van der Waals surface area contributed by atoms with Crippen LogP contribution in [0, 0.1) is 6.92 Å². The van der Waals surface area contributed by atoms with Gasteiger partial charge in [-0.05, 0) is 31.4 Å². The zero-order valence-corrected chi connectivity index (χ0v) is 10.6. The molecule has 0 saturated heterocycles. The summed E-state index contributed by atoms with van der Waals surface area (Å²) >= 11 is 1.55. The van der Waals surface area contributed by atoms with Crippen LogP contribution in [-0.4, -0.2) is 11.5 Å². The molecular weight excluding hydrogens is 230 g/mol. The molecule has 0 unspecified atom stereocenters. The predicted molar refractivity (Wildman–Crippen MR) is 73.0 cm³/mol. The van der Waals surface area contributed by atoms with Crippen molar-refractivity contribution in [3.8, 4) is 0 Å². The number of nitrogen functional groups attached to an aromatic ring is 1. The van der Waals surface area contributed by atoms with Gasteiger partial charge in [0.05, 0.1) is 6.20 Å². The fourth-order valence-corrected chi connectivity index (χ4v) is 3.05. The van der Waals surface area contributed by atoms with E-state index in [9.17, 15) is 0 Å². The largest absolute Gasteiger partial charge is 0.389 e. The Hall–Kier alpha value is -1.55. The molecule has 0 radical (unpaired) electrons. The molecule has 1 aliphatic heterocycles. The maximum Gasteiger partial charge on any atom is 0.191 e. The molecule has 3 rings (SSSR count). The lowest BCUT2D eigenvalue weighted by molar-refractivity contribution is 0.764. The average molecular weight is 245 g/mol. The summed E-state index contributed by atoms with van der Waals surface area (Å²) in [6, 6.07) is 6.63. The van der Waals surface area contributed by atoms with Crippen LogP contribution in [0.2, 0.25) is 0 Å². The SMILES string of the molecule is Cc1ccc2c(c1)CCCN2c1ncc(N)s1. The van der Waals surface area contributed by atoms with Crippen LogP contribution in [0.1, 0.15) is 17.5 Å². The van der Waals surface area contributed by atoms with Crippen LogP contribution in [0.25, 0.3) is 0 Å². The summed E-state index contributed by atoms with van der Waals surface area (Å²) in [7, 11) is 0. The molecule has 88 valence electrons. The molecule has 0 aliphatic carbocycles. The second kappa shape index (κ2) is 4.04. The molecule has 0 saturated carbocycles. The van der Waals surface area contributed by atoms with Crippen molar-refractivity contribution in [1.82, 2.24) is 4.98 Å². The van der Waals surface area contributed by atoms with Gasteiger partial charge in [-0.15, -0.1) is 0 Å². The summed E-state index contributed by atoms with van der Waals surface area (Å²) in [5, 5.41) is 1.78. The predicted octanol–water partition coefficient (Wildman–Crippen LogP) is 3.12. The van der Waals surface area contributed by atoms with Gasteiger partial charge >= 0.3 is 0 Å². The zero-order chi connectivity index (χ0) is 11.8. The van der Waals surface area contributed by atoms with E-state index < -0.39 is 0 Å². The third kappa shape index (κ3) is 1.89. The van der Waals surface area contributed by atoms with Crippen LogP contribution in [-0.2, 0) is 6.42 Å². The van der Waals surface area contributed by atoms with Crippen molar-refractivity contribution in [2.75, 3.05) is 17.2 Å². The first kappa shape index (κ1) is 10.6. The van der Waals surface area contributed by atoms with Gasteiger partial charge in [0.25, 0.3) is 0 Å². The number of fused-ring (bicyclic) bond motifs is 1. The summed E-state index contributed by atoms with van der Waals surface area (Å²) in [4.78, 5) is 6.66. The molecular formula is C13H15N3S. The molecule has 1 aromatic heterocycles. The van der Waals surface area contributed by atoms with Crippen molar-refractivity contribution in [2.45, 2.75) is 19.8 Å². The molecule has 0 atom stereocenters. The first-order valence-electron chi connectivity index (χ1n) is 5.82. The Balaban J connectivity index is 2.05. The maximum absolute atomic E-state index is 5.76. The van der Waals surface area contributed by atoms with E-state index in [-0.39, 0.29) is 0 Å². The minimum Gasteiger partial charge on any atom is -0.389 e. The van der Waals surface area contributed by atoms with Gasteiger partial charge < -0.3 is 10.6 Å². The van der Waals surface area contributed by atoms with E-state index in [1.165, 1.54) is 23.2 Å². The molecule has 4 heteroatoms. The molecule has 1 aliphatic rings. The van der Waals surface area contributed by atoms with Crippen LogP contribution in [0.4, 0.5) is 15.8 Å². The smallest absolute Gasteiger partial charge is 0.191 e. The van der Waals surface area contributed by atoms with Crippen molar-refractivity contribution in [3.63, 3.8) is 0 Å². The Morgan fingerprint density at radius 3 is 3.06 bits per heavy atom. The first-order chi connectivity index (χ1) is 8.24. The standard InChI is InChI=1S/C13H15N3S/c1-9-4-5-11-10(7-9)3-2-6-16(11)13-15-8-12(14)17-13/h4-5,7-8H,2-3,6,14H2,1H3. The monoisotopic (exact) mass is 245 g/mol. The van der Waals surface area contributed by atoms with Crippen molar-refractivity contribution >= 4 is 27.2 Å². The summed E-state index contributed by atoms with van der Waals surface area (Å²) in [5.41, 5.74) is 9.79. The second-order valence-electron chi connectivity index (χ2n) is 4.43. The molecule has 2 heterocycles. The Labute approximate surface area is 105 Å². The van der Waals surface area contributed by atoms with Crippen molar-refractivity contribution in [2.24, 2.45) is 0 Å². The van der Waals surface area contributed by atoms with E-state index in [2.05, 4.69) is 35.0 Å². The van der Waals surface area contributed by atoms with Gasteiger partial charge in [0.2, 0.25) is 0 Å². The van der Waals surface area contributed by atoms with Crippen molar-refractivity contribution in [1.29, 1.82) is 0 Å². The van der Waals surface area contributed by atoms with Crippen LogP contribution >= 0.6 is 11.3 Å². The fourth-order valence-electron chi connectivity index (χ4n) is 2.33. The summed E-state index contributed by atoms with van der Waals surface area (Å²) in [6.45, 7) is 3.17. The number of hydrogen-bond donors (Lipinski definition) is 1. The highest BCUT2D eigenvalue weighted by Crippen LogP contribution is 2.36. The van der Waals surface area contributed by atoms with E-state index >= 15 is 0 Å². The number of anilines is 3. The third-order valence-electron chi connectivity index (χ3n) is 3.10. The maximum atomic E-state index is 5.76. The lowest BCUT2D eigenvalue weighted by Crippen LogP contribution is -2.24. The van der Waals surface area contributed by atoms with Crippen LogP contribution in [0.3, 0.4) is 0 Å². The van der Waals surface area contributed by atoms with Gasteiger partial charge in [0, 0.05) is 12.2 Å². The molecule has 0 spiro atoms. The lowest BCUT2D eigenvalue weighted by Gasteiger charge is -2.29. The number of aromatic nitrogens is 1. The molecule has 2 aromatic rings. The zero-order valence-electron chi connectivity index (χ0n) is 9.81. The summed E-state index contributed by atoms with van der Waals surface area (Å²) in [5.74, 6) is 0. The first-order valence-corrected chi connectivity index (χ1v) is 6.64. The van der Waals surface area contributed by atoms with Gasteiger partial charge in [-0.3, -0.25) is 0 Å². The molecule has 0 fully saturated rings. The summed E-state index contributed by atoms with van der Waals surface area (Å²) < 4.78 is 0. The second-order valence-corrected chi connectivity index (χ2v) is 5.47. The topological polar surface area (TPSA) is 42.2 Å². The fraction of sp³-hybridized carbons (Fsp3) is 0.308. The number of rotatable bonds is 1. The van der Waals surface area contributed by atoms with Crippen molar-refractivity contribution < 1.29 is 0 Å². The van der Waals surface area contributed by atoms with Gasteiger partial charge in [-0.2, -0.15) is 0 Å². The molecule has 1 aromatic carbocycles. The van der Waals surface area contributed by atoms with E-state index in [0.717, 1.165) is 23.1 Å². The van der Waals surface area contributed by atoms with Gasteiger partial charge in [0.1, 0.15) is 5.00 Å². The number of thiazole rings is 1. The number of hydrogen-bond acceptors (Lipinski definition) is 4. The van der Waals surface area contributed by atoms with Crippen molar-refractivity contribution in [3.05, 3.63) is 35.5 Å². The number of nitrogens with two attached hydrogens (primary N) is 1. The van der Waals surface area contributed by atoms with E-state index in [0.29, 0.717) is 0 Å². The van der Waals surface area contributed by atoms with Gasteiger partial charge in [-0.1, -0.05) is 29.0 Å². The Kier molecular flexibility index (Phi) is 2.52. The van der Waals surface area contributed by atoms with Crippen LogP contribution < -0.4 is 10.6 Å². The molecule has 2 N–H and O–H groups in total. The Morgan fingerprint density at radius 2 is 2.29 bits per heavy atom. The lowest BCUT2D eigenvalue weighted by atomic mass is 10.0. The molecule has 0 bridgehead atoms. The van der Waals surface area contributed by atoms with E-state index in [1.807, 2.05) is 0 Å². The Bertz CT molecular complexity index is 547. The average Bonchev–Trinajstić information content (AvgIpc) is 2.74. The Morgan fingerprint density at radius 1 is 1.41 bits per heavy atom. The molecule has 17 heavy (non-hydrogen) atoms. The van der Waals surface area contributed by atoms with Crippen LogP contribution in [0.15, 0.2) is 24.4 Å². The highest BCUT2D eigenvalue weighted by molar-refractivity contribution is 7.19. The highest BCUT2D eigenvalue weighted by Gasteiger charge is 2.20. The van der Waals surface area contributed by atoms with Gasteiger partial charge in [-0.25, -0.2) is 4.98 Å². The number of nitrogens with zero attached hydrogens (tertiary/aromatic N) is 2. The minimum atomic E-state index is 0.777. The normalized spacial score (nSPS) is 14.8. The van der Waals surface area contributed by atoms with E-state index in [1.54, 1.807) is 17.5 Å². The quantitative estimate of drug-likeness (QED) is 0.839. The van der Waals surface area contributed by atoms with Gasteiger partial charge in [0.15, 0.2) is 5.13 Å². The highest BCUT2D eigenvalue weighted by atomic mass is 32.1. The third-order valence-corrected chi connectivity index (χ3v) is 3.95. The number of aryl methyl sites for hydroxylation is 2. The number of benzene rings is 1. The summed E-state index contributed by atoms with van der Waals surface area (Å²) in [6.07, 6.45) is 4.08. The minimum absolute atomic E-state index is 0.777. The molecule has 0 amide bonds. The molecule has 3 nitrogen and oxygen atoms in total. The van der Waals surface area contributed by atoms with E-state index in [4.69, 9.17) is 5.73 Å².